The van der Waals surface area contributed by atoms with Crippen LogP contribution in [0.3, 0.4) is 0 Å². The number of hydrogen-bond donors (Lipinski definition) is 1. The highest BCUT2D eigenvalue weighted by Gasteiger charge is 2.20. The van der Waals surface area contributed by atoms with Gasteiger partial charge in [-0.1, -0.05) is 19.1 Å². The second-order valence-corrected chi connectivity index (χ2v) is 5.67. The van der Waals surface area contributed by atoms with Crippen molar-refractivity contribution in [3.8, 4) is 0 Å². The lowest BCUT2D eigenvalue weighted by Gasteiger charge is -2.38. The van der Waals surface area contributed by atoms with Gasteiger partial charge in [0, 0.05) is 45.5 Å². The summed E-state index contributed by atoms with van der Waals surface area (Å²) in [6.45, 7) is 11.7. The van der Waals surface area contributed by atoms with E-state index in [0.29, 0.717) is 0 Å². The summed E-state index contributed by atoms with van der Waals surface area (Å²) >= 11 is 0. The molecule has 1 aromatic rings. The lowest BCUT2D eigenvalue weighted by molar-refractivity contribution is 0.372. The molecule has 22 heavy (non-hydrogen) atoms. The van der Waals surface area contributed by atoms with E-state index in [9.17, 15) is 0 Å². The maximum atomic E-state index is 4.39. The molecule has 1 N–H and O–H groups in total. The first kappa shape index (κ1) is 19.1. The molecule has 4 nitrogen and oxygen atoms in total. The number of benzene rings is 1. The zero-order valence-corrected chi connectivity index (χ0v) is 16.6. The number of halogens is 1. The Morgan fingerprint density at radius 2 is 1.86 bits per heavy atom. The fourth-order valence-electron chi connectivity index (χ4n) is 2.81. The van der Waals surface area contributed by atoms with E-state index in [4.69, 9.17) is 0 Å². The van der Waals surface area contributed by atoms with Crippen LogP contribution in [0.1, 0.15) is 24.5 Å². The van der Waals surface area contributed by atoms with Gasteiger partial charge in [-0.15, -0.1) is 24.0 Å². The van der Waals surface area contributed by atoms with Crippen LogP contribution in [0.15, 0.2) is 23.2 Å². The van der Waals surface area contributed by atoms with Gasteiger partial charge in [0.2, 0.25) is 0 Å². The second-order valence-electron chi connectivity index (χ2n) is 5.67. The Morgan fingerprint density at radius 3 is 2.45 bits per heavy atom. The van der Waals surface area contributed by atoms with Crippen LogP contribution < -0.4 is 10.2 Å². The molecule has 1 aliphatic rings. The zero-order valence-electron chi connectivity index (χ0n) is 14.2. The van der Waals surface area contributed by atoms with Crippen molar-refractivity contribution in [2.45, 2.75) is 27.2 Å². The van der Waals surface area contributed by atoms with E-state index in [1.165, 1.54) is 16.8 Å². The maximum Gasteiger partial charge on any atom is 0.193 e. The SMILES string of the molecule is CCCNC(=NC)N1CCN(c2cccc(C)c2C)CC1.I. The molecule has 0 radical (unpaired) electrons. The predicted molar refractivity (Wildman–Crippen MR) is 107 cm³/mol. The summed E-state index contributed by atoms with van der Waals surface area (Å²) < 4.78 is 0. The molecule has 0 spiro atoms. The Morgan fingerprint density at radius 1 is 1.18 bits per heavy atom. The monoisotopic (exact) mass is 416 g/mol. The van der Waals surface area contributed by atoms with Crippen LogP contribution in [-0.2, 0) is 0 Å². The van der Waals surface area contributed by atoms with Gasteiger partial charge in [-0.3, -0.25) is 4.99 Å². The Balaban J connectivity index is 0.00000242. The van der Waals surface area contributed by atoms with Crippen LogP contribution in [0.5, 0.6) is 0 Å². The molecule has 0 bridgehead atoms. The van der Waals surface area contributed by atoms with Crippen molar-refractivity contribution in [2.75, 3.05) is 44.7 Å². The van der Waals surface area contributed by atoms with Crippen LogP contribution in [0.2, 0.25) is 0 Å². The molecule has 0 atom stereocenters. The zero-order chi connectivity index (χ0) is 15.2. The van der Waals surface area contributed by atoms with Gasteiger partial charge in [0.05, 0.1) is 0 Å². The number of hydrogen-bond acceptors (Lipinski definition) is 2. The van der Waals surface area contributed by atoms with Crippen molar-refractivity contribution in [3.05, 3.63) is 29.3 Å². The van der Waals surface area contributed by atoms with Gasteiger partial charge >= 0.3 is 0 Å². The number of nitrogens with zero attached hydrogens (tertiary/aromatic N) is 3. The molecular weight excluding hydrogens is 387 g/mol. The summed E-state index contributed by atoms with van der Waals surface area (Å²) in [6.07, 6.45) is 1.13. The highest BCUT2D eigenvalue weighted by Crippen LogP contribution is 2.23. The average molecular weight is 416 g/mol. The molecule has 0 amide bonds. The number of piperazine rings is 1. The van der Waals surface area contributed by atoms with Crippen molar-refractivity contribution in [1.82, 2.24) is 10.2 Å². The minimum atomic E-state index is 0. The summed E-state index contributed by atoms with van der Waals surface area (Å²) in [5.74, 6) is 1.04. The summed E-state index contributed by atoms with van der Waals surface area (Å²) in [7, 11) is 1.87. The smallest absolute Gasteiger partial charge is 0.193 e. The Hall–Kier alpha value is -0.980. The van der Waals surface area contributed by atoms with Crippen molar-refractivity contribution >= 4 is 35.6 Å². The van der Waals surface area contributed by atoms with E-state index in [1.54, 1.807) is 0 Å². The molecule has 1 fully saturated rings. The van der Waals surface area contributed by atoms with Crippen molar-refractivity contribution in [3.63, 3.8) is 0 Å². The molecule has 0 saturated carbocycles. The normalized spacial score (nSPS) is 15.5. The van der Waals surface area contributed by atoms with E-state index in [0.717, 1.165) is 45.1 Å². The summed E-state index contributed by atoms with van der Waals surface area (Å²) in [5, 5.41) is 3.42. The van der Waals surface area contributed by atoms with Crippen LogP contribution in [-0.4, -0.2) is 50.6 Å². The van der Waals surface area contributed by atoms with Crippen LogP contribution in [0.25, 0.3) is 0 Å². The van der Waals surface area contributed by atoms with Gasteiger partial charge in [-0.05, 0) is 37.5 Å². The standard InChI is InChI=1S/C17H28N4.HI/c1-5-9-19-17(18-4)21-12-10-20(11-13-21)16-8-6-7-14(2)15(16)3;/h6-8H,5,9-13H2,1-4H3,(H,18,19);1H. The third-order valence-electron chi connectivity index (χ3n) is 4.24. The van der Waals surface area contributed by atoms with E-state index in [2.05, 4.69) is 59.1 Å². The highest BCUT2D eigenvalue weighted by atomic mass is 127. The molecule has 0 unspecified atom stereocenters. The fourth-order valence-corrected chi connectivity index (χ4v) is 2.81. The molecule has 1 heterocycles. The Kier molecular flexibility index (Phi) is 8.00. The van der Waals surface area contributed by atoms with Crippen LogP contribution in [0, 0.1) is 13.8 Å². The van der Waals surface area contributed by atoms with Gasteiger partial charge in [-0.2, -0.15) is 0 Å². The molecule has 5 heteroatoms. The predicted octanol–water partition coefficient (Wildman–Crippen LogP) is 3.03. The number of guanidine groups is 1. The lowest BCUT2D eigenvalue weighted by Crippen LogP contribution is -2.52. The van der Waals surface area contributed by atoms with Gasteiger partial charge in [-0.25, -0.2) is 0 Å². The number of aryl methyl sites for hydroxylation is 1. The van der Waals surface area contributed by atoms with E-state index in [-0.39, 0.29) is 24.0 Å². The Bertz CT molecular complexity index is 493. The summed E-state index contributed by atoms with van der Waals surface area (Å²) in [5.41, 5.74) is 4.15. The fraction of sp³-hybridized carbons (Fsp3) is 0.588. The third-order valence-corrected chi connectivity index (χ3v) is 4.24. The van der Waals surface area contributed by atoms with Crippen molar-refractivity contribution in [2.24, 2.45) is 4.99 Å². The molecule has 1 aliphatic heterocycles. The first-order valence-electron chi connectivity index (χ1n) is 7.94. The second kappa shape index (κ2) is 9.22. The number of anilines is 1. The van der Waals surface area contributed by atoms with Gasteiger partial charge < -0.3 is 15.1 Å². The molecule has 124 valence electrons. The number of nitrogens with one attached hydrogen (secondary N) is 1. The molecule has 1 saturated heterocycles. The Labute approximate surface area is 152 Å². The van der Waals surface area contributed by atoms with Crippen LogP contribution >= 0.6 is 24.0 Å². The van der Waals surface area contributed by atoms with Gasteiger partial charge in [0.25, 0.3) is 0 Å². The van der Waals surface area contributed by atoms with E-state index < -0.39 is 0 Å². The topological polar surface area (TPSA) is 30.9 Å². The minimum absolute atomic E-state index is 0. The van der Waals surface area contributed by atoms with Gasteiger partial charge in [0.15, 0.2) is 5.96 Å². The van der Waals surface area contributed by atoms with E-state index >= 15 is 0 Å². The third kappa shape index (κ3) is 4.51. The molecule has 1 aromatic carbocycles. The first-order valence-corrected chi connectivity index (χ1v) is 7.94. The average Bonchev–Trinajstić information content (AvgIpc) is 2.51. The minimum Gasteiger partial charge on any atom is -0.368 e. The largest absolute Gasteiger partial charge is 0.368 e. The number of aliphatic imine (C=N–C) groups is 1. The molecular formula is C17H29IN4. The molecule has 0 aromatic heterocycles. The summed E-state index contributed by atoms with van der Waals surface area (Å²) in [6, 6.07) is 6.58. The first-order chi connectivity index (χ1) is 10.2. The van der Waals surface area contributed by atoms with Crippen molar-refractivity contribution in [1.29, 1.82) is 0 Å². The van der Waals surface area contributed by atoms with Gasteiger partial charge in [0.1, 0.15) is 0 Å². The number of rotatable bonds is 3. The quantitative estimate of drug-likeness (QED) is 0.467. The van der Waals surface area contributed by atoms with Crippen LogP contribution in [0.4, 0.5) is 5.69 Å². The molecule has 2 rings (SSSR count). The van der Waals surface area contributed by atoms with Crippen molar-refractivity contribution < 1.29 is 0 Å². The maximum absolute atomic E-state index is 4.39. The highest BCUT2D eigenvalue weighted by molar-refractivity contribution is 14.0. The molecule has 0 aliphatic carbocycles. The van der Waals surface area contributed by atoms with E-state index in [1.807, 2.05) is 7.05 Å². The lowest BCUT2D eigenvalue weighted by atomic mass is 10.1. The summed E-state index contributed by atoms with van der Waals surface area (Å²) in [4.78, 5) is 9.24.